The maximum Gasteiger partial charge on any atom is 0.00967 e. The quantitative estimate of drug-likeness (QED) is 0.672. The summed E-state index contributed by atoms with van der Waals surface area (Å²) >= 11 is 0. The van der Waals surface area contributed by atoms with Gasteiger partial charge in [0.2, 0.25) is 0 Å². The Hall–Kier alpha value is -0.0800. The van der Waals surface area contributed by atoms with Crippen molar-refractivity contribution in [3.05, 3.63) is 0 Å². The van der Waals surface area contributed by atoms with Gasteiger partial charge in [-0.15, -0.1) is 0 Å². The zero-order chi connectivity index (χ0) is 15.1. The van der Waals surface area contributed by atoms with Crippen LogP contribution in [-0.4, -0.2) is 36.1 Å². The van der Waals surface area contributed by atoms with Gasteiger partial charge in [-0.05, 0) is 52.5 Å². The van der Waals surface area contributed by atoms with Gasteiger partial charge in [-0.2, -0.15) is 0 Å². The molecule has 0 saturated carbocycles. The SMILES string of the molecule is CCCC(C)(CNC(C)(C)C)CN(CC)C(C)CC. The summed E-state index contributed by atoms with van der Waals surface area (Å²) in [5.41, 5.74) is 0.587. The monoisotopic (exact) mass is 270 g/mol. The summed E-state index contributed by atoms with van der Waals surface area (Å²) in [6.07, 6.45) is 3.80. The molecule has 0 rings (SSSR count). The van der Waals surface area contributed by atoms with Crippen LogP contribution in [0.2, 0.25) is 0 Å². The van der Waals surface area contributed by atoms with Gasteiger partial charge in [-0.25, -0.2) is 0 Å². The van der Waals surface area contributed by atoms with Crippen LogP contribution in [0.5, 0.6) is 0 Å². The lowest BCUT2D eigenvalue weighted by molar-refractivity contribution is 0.113. The number of hydrogen-bond donors (Lipinski definition) is 1. The molecule has 2 heteroatoms. The van der Waals surface area contributed by atoms with Gasteiger partial charge in [0, 0.05) is 24.7 Å². The molecule has 0 aromatic rings. The van der Waals surface area contributed by atoms with Gasteiger partial charge in [0.15, 0.2) is 0 Å². The molecular weight excluding hydrogens is 232 g/mol. The van der Waals surface area contributed by atoms with Crippen LogP contribution in [-0.2, 0) is 0 Å². The third kappa shape index (κ3) is 7.94. The van der Waals surface area contributed by atoms with Gasteiger partial charge in [-0.3, -0.25) is 0 Å². The summed E-state index contributed by atoms with van der Waals surface area (Å²) in [6, 6.07) is 0.691. The summed E-state index contributed by atoms with van der Waals surface area (Å²) in [5, 5.41) is 3.71. The van der Waals surface area contributed by atoms with Gasteiger partial charge < -0.3 is 10.2 Å². The Morgan fingerprint density at radius 3 is 2.00 bits per heavy atom. The Morgan fingerprint density at radius 1 is 1.05 bits per heavy atom. The highest BCUT2D eigenvalue weighted by atomic mass is 15.2. The number of hydrogen-bond acceptors (Lipinski definition) is 2. The van der Waals surface area contributed by atoms with Crippen LogP contribution >= 0.6 is 0 Å². The first-order chi connectivity index (χ1) is 8.67. The first kappa shape index (κ1) is 18.9. The van der Waals surface area contributed by atoms with Crippen molar-refractivity contribution >= 4 is 0 Å². The lowest BCUT2D eigenvalue weighted by atomic mass is 9.83. The fourth-order valence-electron chi connectivity index (χ4n) is 2.63. The highest BCUT2D eigenvalue weighted by molar-refractivity contribution is 4.85. The second-order valence-electron chi connectivity index (χ2n) is 7.48. The van der Waals surface area contributed by atoms with Crippen molar-refractivity contribution in [2.75, 3.05) is 19.6 Å². The molecule has 0 spiro atoms. The van der Waals surface area contributed by atoms with Gasteiger partial charge in [0.1, 0.15) is 0 Å². The van der Waals surface area contributed by atoms with Crippen molar-refractivity contribution in [2.45, 2.75) is 86.2 Å². The molecule has 0 amide bonds. The van der Waals surface area contributed by atoms with Crippen LogP contribution in [0.4, 0.5) is 0 Å². The summed E-state index contributed by atoms with van der Waals surface area (Å²) in [4.78, 5) is 2.64. The molecule has 0 aromatic heterocycles. The van der Waals surface area contributed by atoms with Crippen LogP contribution < -0.4 is 5.32 Å². The van der Waals surface area contributed by atoms with Crippen LogP contribution in [0, 0.1) is 5.41 Å². The Bertz CT molecular complexity index is 232. The Labute approximate surface area is 122 Å². The fraction of sp³-hybridized carbons (Fsp3) is 1.00. The molecule has 2 unspecified atom stereocenters. The molecule has 0 aliphatic carbocycles. The van der Waals surface area contributed by atoms with E-state index in [2.05, 4.69) is 65.6 Å². The third-order valence-electron chi connectivity index (χ3n) is 4.10. The van der Waals surface area contributed by atoms with Crippen LogP contribution in [0.25, 0.3) is 0 Å². The van der Waals surface area contributed by atoms with E-state index in [4.69, 9.17) is 0 Å². The molecule has 0 radical (unpaired) electrons. The van der Waals surface area contributed by atoms with Crippen molar-refractivity contribution in [1.29, 1.82) is 0 Å². The molecule has 0 bridgehead atoms. The Kier molecular flexibility index (Phi) is 8.23. The smallest absolute Gasteiger partial charge is 0.00967 e. The molecule has 19 heavy (non-hydrogen) atoms. The largest absolute Gasteiger partial charge is 0.311 e. The fourth-order valence-corrected chi connectivity index (χ4v) is 2.63. The van der Waals surface area contributed by atoms with Gasteiger partial charge in [0.25, 0.3) is 0 Å². The van der Waals surface area contributed by atoms with Crippen LogP contribution in [0.3, 0.4) is 0 Å². The minimum absolute atomic E-state index is 0.211. The molecule has 0 aromatic carbocycles. The third-order valence-corrected chi connectivity index (χ3v) is 4.10. The van der Waals surface area contributed by atoms with Gasteiger partial charge >= 0.3 is 0 Å². The maximum atomic E-state index is 3.71. The lowest BCUT2D eigenvalue weighted by Gasteiger charge is -2.39. The molecule has 0 aliphatic heterocycles. The van der Waals surface area contributed by atoms with Gasteiger partial charge in [0.05, 0.1) is 0 Å². The first-order valence-electron chi connectivity index (χ1n) is 8.16. The van der Waals surface area contributed by atoms with E-state index >= 15 is 0 Å². The van der Waals surface area contributed by atoms with E-state index in [-0.39, 0.29) is 5.54 Å². The minimum atomic E-state index is 0.211. The topological polar surface area (TPSA) is 15.3 Å². The molecule has 116 valence electrons. The van der Waals surface area contributed by atoms with E-state index in [0.29, 0.717) is 11.5 Å². The predicted molar refractivity (Wildman–Crippen MR) is 87.8 cm³/mol. The molecule has 0 saturated heterocycles. The second kappa shape index (κ2) is 8.26. The number of nitrogens with zero attached hydrogens (tertiary/aromatic N) is 1. The number of nitrogens with one attached hydrogen (secondary N) is 1. The zero-order valence-electron chi connectivity index (χ0n) is 14.8. The Morgan fingerprint density at radius 2 is 1.63 bits per heavy atom. The van der Waals surface area contributed by atoms with E-state index in [1.54, 1.807) is 0 Å². The highest BCUT2D eigenvalue weighted by Gasteiger charge is 2.28. The van der Waals surface area contributed by atoms with E-state index in [1.165, 1.54) is 25.8 Å². The van der Waals surface area contributed by atoms with Crippen molar-refractivity contribution in [3.8, 4) is 0 Å². The molecule has 2 nitrogen and oxygen atoms in total. The highest BCUT2D eigenvalue weighted by Crippen LogP contribution is 2.26. The normalized spacial score (nSPS) is 17.5. The molecule has 1 N–H and O–H groups in total. The average molecular weight is 271 g/mol. The summed E-state index contributed by atoms with van der Waals surface area (Å²) in [7, 11) is 0. The lowest BCUT2D eigenvalue weighted by Crippen LogP contribution is -2.49. The molecule has 2 atom stereocenters. The average Bonchev–Trinajstić information content (AvgIpc) is 2.32. The summed E-state index contributed by atoms with van der Waals surface area (Å²) < 4.78 is 0. The van der Waals surface area contributed by atoms with E-state index in [9.17, 15) is 0 Å². The van der Waals surface area contributed by atoms with Crippen molar-refractivity contribution < 1.29 is 0 Å². The predicted octanol–water partition coefficient (Wildman–Crippen LogP) is 4.30. The molecule has 0 aliphatic rings. The maximum absolute atomic E-state index is 3.71. The zero-order valence-corrected chi connectivity index (χ0v) is 14.8. The summed E-state index contributed by atoms with van der Waals surface area (Å²) in [5.74, 6) is 0. The second-order valence-corrected chi connectivity index (χ2v) is 7.48. The first-order valence-corrected chi connectivity index (χ1v) is 8.16. The Balaban J connectivity index is 4.67. The van der Waals surface area contributed by atoms with Gasteiger partial charge in [-0.1, -0.05) is 34.1 Å². The van der Waals surface area contributed by atoms with Crippen molar-refractivity contribution in [2.24, 2.45) is 5.41 Å². The van der Waals surface area contributed by atoms with Crippen molar-refractivity contribution in [1.82, 2.24) is 10.2 Å². The van der Waals surface area contributed by atoms with Crippen molar-refractivity contribution in [3.63, 3.8) is 0 Å². The van der Waals surface area contributed by atoms with E-state index < -0.39 is 0 Å². The standard InChI is InChI=1S/C17H38N2/c1-9-12-17(8,13-18-16(5,6)7)14-19(11-3)15(4)10-2/h15,18H,9-14H2,1-8H3. The van der Waals surface area contributed by atoms with E-state index in [0.717, 1.165) is 13.1 Å². The molecular formula is C17H38N2. The number of rotatable bonds is 9. The minimum Gasteiger partial charge on any atom is -0.311 e. The molecule has 0 heterocycles. The van der Waals surface area contributed by atoms with Crippen LogP contribution in [0.1, 0.15) is 74.7 Å². The molecule has 0 fully saturated rings. The van der Waals surface area contributed by atoms with E-state index in [1.807, 2.05) is 0 Å². The summed E-state index contributed by atoms with van der Waals surface area (Å²) in [6.45, 7) is 21.9. The van der Waals surface area contributed by atoms with Crippen LogP contribution in [0.15, 0.2) is 0 Å².